The minimum Gasteiger partial charge on any atom is -0.338 e. The number of sulfonamides is 1. The van der Waals surface area contributed by atoms with Crippen molar-refractivity contribution < 1.29 is 13.2 Å². The van der Waals surface area contributed by atoms with Gasteiger partial charge in [0.2, 0.25) is 15.9 Å². The molecule has 1 unspecified atom stereocenters. The Labute approximate surface area is 142 Å². The predicted molar refractivity (Wildman–Crippen MR) is 95.2 cm³/mol. The Morgan fingerprint density at radius 3 is 2.71 bits per heavy atom. The first kappa shape index (κ1) is 16.9. The van der Waals surface area contributed by atoms with Crippen LogP contribution in [0.25, 0.3) is 10.8 Å². The molecule has 0 spiro atoms. The number of hydrogen-bond acceptors (Lipinski definition) is 3. The number of benzene rings is 2. The second-order valence-electron chi connectivity index (χ2n) is 6.23. The van der Waals surface area contributed by atoms with Crippen molar-refractivity contribution in [2.24, 2.45) is 0 Å². The van der Waals surface area contributed by atoms with Crippen LogP contribution in [0.5, 0.6) is 0 Å². The first-order valence-corrected chi connectivity index (χ1v) is 9.82. The molecule has 6 heteroatoms. The average molecular weight is 346 g/mol. The summed E-state index contributed by atoms with van der Waals surface area (Å²) in [5.41, 5.74) is 1.18. The third-order valence-corrected chi connectivity index (χ3v) is 5.86. The lowest BCUT2D eigenvalue weighted by molar-refractivity contribution is -0.129. The van der Waals surface area contributed by atoms with Gasteiger partial charge in [-0.3, -0.25) is 4.79 Å². The Hall–Kier alpha value is -1.92. The van der Waals surface area contributed by atoms with E-state index in [2.05, 4.69) is 35.1 Å². The van der Waals surface area contributed by atoms with Crippen LogP contribution in [0.3, 0.4) is 0 Å². The lowest BCUT2D eigenvalue weighted by atomic mass is 10.0. The highest BCUT2D eigenvalue weighted by Gasteiger charge is 2.30. The molecule has 5 nitrogen and oxygen atoms in total. The van der Waals surface area contributed by atoms with Crippen molar-refractivity contribution in [2.75, 3.05) is 19.3 Å². The van der Waals surface area contributed by atoms with E-state index in [-0.39, 0.29) is 11.9 Å². The number of nitrogens with zero attached hydrogens (tertiary/aromatic N) is 1. The number of nitrogens with one attached hydrogen (secondary N) is 1. The van der Waals surface area contributed by atoms with Gasteiger partial charge >= 0.3 is 0 Å². The fraction of sp³-hybridized carbons (Fsp3) is 0.389. The third-order valence-electron chi connectivity index (χ3n) is 4.61. The number of likely N-dealkylation sites (tertiary alicyclic amines) is 1. The first-order valence-electron chi connectivity index (χ1n) is 8.17. The van der Waals surface area contributed by atoms with Gasteiger partial charge in [-0.15, -0.1) is 0 Å². The summed E-state index contributed by atoms with van der Waals surface area (Å²) in [5, 5.41) is 2.38. The van der Waals surface area contributed by atoms with E-state index < -0.39 is 15.8 Å². The van der Waals surface area contributed by atoms with E-state index in [9.17, 15) is 13.2 Å². The maximum atomic E-state index is 12.3. The van der Waals surface area contributed by atoms with E-state index in [1.165, 1.54) is 23.4 Å². The first-order chi connectivity index (χ1) is 11.5. The van der Waals surface area contributed by atoms with Crippen molar-refractivity contribution in [3.63, 3.8) is 0 Å². The molecule has 0 aromatic heterocycles. The van der Waals surface area contributed by atoms with Crippen molar-refractivity contribution >= 4 is 26.7 Å². The number of fused-ring (bicyclic) bond motifs is 1. The molecule has 0 saturated carbocycles. The van der Waals surface area contributed by atoms with Gasteiger partial charge in [0.15, 0.2) is 0 Å². The molecule has 1 amide bonds. The van der Waals surface area contributed by atoms with Gasteiger partial charge in [-0.2, -0.15) is 0 Å². The Balaban J connectivity index is 1.74. The van der Waals surface area contributed by atoms with Crippen molar-refractivity contribution in [2.45, 2.75) is 25.3 Å². The number of rotatable bonds is 5. The maximum Gasteiger partial charge on any atom is 0.239 e. The van der Waals surface area contributed by atoms with Crippen molar-refractivity contribution in [3.05, 3.63) is 48.0 Å². The summed E-state index contributed by atoms with van der Waals surface area (Å²) in [7, 11) is -2.19. The highest BCUT2D eigenvalue weighted by molar-refractivity contribution is 7.90. The molecular weight excluding hydrogens is 324 g/mol. The van der Waals surface area contributed by atoms with Crippen molar-refractivity contribution in [3.8, 4) is 0 Å². The van der Waals surface area contributed by atoms with E-state index in [0.717, 1.165) is 19.3 Å². The molecule has 0 aliphatic carbocycles. The van der Waals surface area contributed by atoms with Gasteiger partial charge in [0.1, 0.15) is 5.75 Å². The summed E-state index contributed by atoms with van der Waals surface area (Å²) < 4.78 is 25.4. The van der Waals surface area contributed by atoms with E-state index >= 15 is 0 Å². The molecule has 2 aromatic rings. The molecule has 1 aliphatic rings. The van der Waals surface area contributed by atoms with Crippen molar-refractivity contribution in [1.82, 2.24) is 9.62 Å². The van der Waals surface area contributed by atoms with E-state index in [4.69, 9.17) is 0 Å². The topological polar surface area (TPSA) is 66.5 Å². The Morgan fingerprint density at radius 1 is 1.21 bits per heavy atom. The van der Waals surface area contributed by atoms with Gasteiger partial charge in [0, 0.05) is 12.6 Å². The molecule has 24 heavy (non-hydrogen) atoms. The Morgan fingerprint density at radius 2 is 1.96 bits per heavy atom. The molecule has 0 radical (unpaired) electrons. The molecule has 1 heterocycles. The fourth-order valence-electron chi connectivity index (χ4n) is 3.33. The van der Waals surface area contributed by atoms with Crippen LogP contribution in [-0.4, -0.2) is 44.6 Å². The summed E-state index contributed by atoms with van der Waals surface area (Å²) in [6.07, 6.45) is 2.60. The van der Waals surface area contributed by atoms with Crippen LogP contribution >= 0.6 is 0 Å². The highest BCUT2D eigenvalue weighted by atomic mass is 32.2. The van der Waals surface area contributed by atoms with E-state index in [1.54, 1.807) is 4.90 Å². The SMILES string of the molecule is CNS(=O)(=O)CC(=O)N1CCCC1Cc1ccc2ccccc2c1. The molecule has 0 bridgehead atoms. The molecule has 128 valence electrons. The highest BCUT2D eigenvalue weighted by Crippen LogP contribution is 2.23. The van der Waals surface area contributed by atoms with E-state index in [1.807, 2.05) is 12.1 Å². The molecule has 1 atom stereocenters. The van der Waals surface area contributed by atoms with Crippen LogP contribution in [0.1, 0.15) is 18.4 Å². The lowest BCUT2D eigenvalue weighted by Crippen LogP contribution is -2.42. The summed E-state index contributed by atoms with van der Waals surface area (Å²) in [6.45, 7) is 0.635. The van der Waals surface area contributed by atoms with Gasteiger partial charge in [0.05, 0.1) is 0 Å². The number of carbonyl (C=O) groups excluding carboxylic acids is 1. The monoisotopic (exact) mass is 346 g/mol. The smallest absolute Gasteiger partial charge is 0.239 e. The summed E-state index contributed by atoms with van der Waals surface area (Å²) >= 11 is 0. The lowest BCUT2D eigenvalue weighted by Gasteiger charge is -2.25. The second-order valence-corrected chi connectivity index (χ2v) is 8.16. The van der Waals surface area contributed by atoms with Crippen LogP contribution in [0.4, 0.5) is 0 Å². The van der Waals surface area contributed by atoms with Crippen LogP contribution in [0, 0.1) is 0 Å². The number of hydrogen-bond donors (Lipinski definition) is 1. The van der Waals surface area contributed by atoms with Gasteiger partial charge in [-0.05, 0) is 42.6 Å². The maximum absolute atomic E-state index is 12.3. The van der Waals surface area contributed by atoms with Gasteiger partial charge in [-0.1, -0.05) is 42.5 Å². The predicted octanol–water partition coefficient (Wildman–Crippen LogP) is 1.92. The molecular formula is C18H22N2O3S. The molecule has 1 N–H and O–H groups in total. The third kappa shape index (κ3) is 3.76. The molecule has 1 aliphatic heterocycles. The standard InChI is InChI=1S/C18H22N2O3S/c1-19-24(22,23)13-18(21)20-10-4-7-17(20)12-14-8-9-15-5-2-3-6-16(15)11-14/h2-3,5-6,8-9,11,17,19H,4,7,10,12-13H2,1H3. The van der Waals surface area contributed by atoms with E-state index in [0.29, 0.717) is 6.54 Å². The van der Waals surface area contributed by atoms with Gasteiger partial charge < -0.3 is 4.90 Å². The van der Waals surface area contributed by atoms with Crippen LogP contribution in [0.15, 0.2) is 42.5 Å². The molecule has 1 fully saturated rings. The second kappa shape index (κ2) is 6.91. The Bertz CT molecular complexity index is 848. The zero-order chi connectivity index (χ0) is 17.2. The largest absolute Gasteiger partial charge is 0.338 e. The van der Waals surface area contributed by atoms with Crippen LogP contribution in [0.2, 0.25) is 0 Å². The van der Waals surface area contributed by atoms with Crippen LogP contribution < -0.4 is 4.72 Å². The minimum absolute atomic E-state index is 0.0747. The average Bonchev–Trinajstić information content (AvgIpc) is 3.02. The zero-order valence-corrected chi connectivity index (χ0v) is 14.6. The molecule has 2 aromatic carbocycles. The van der Waals surface area contributed by atoms with Gasteiger partial charge in [0.25, 0.3) is 0 Å². The molecule has 1 saturated heterocycles. The number of carbonyl (C=O) groups is 1. The minimum atomic E-state index is -3.52. The Kier molecular flexibility index (Phi) is 4.87. The zero-order valence-electron chi connectivity index (χ0n) is 13.7. The summed E-state index contributed by atoms with van der Waals surface area (Å²) in [6, 6.07) is 14.6. The normalized spacial score (nSPS) is 18.2. The fourth-order valence-corrected chi connectivity index (χ4v) is 3.97. The van der Waals surface area contributed by atoms with Crippen molar-refractivity contribution in [1.29, 1.82) is 0 Å². The van der Waals surface area contributed by atoms with Gasteiger partial charge in [-0.25, -0.2) is 13.1 Å². The quantitative estimate of drug-likeness (QED) is 0.899. The number of amides is 1. The summed E-state index contributed by atoms with van der Waals surface area (Å²) in [4.78, 5) is 14.1. The summed E-state index contributed by atoms with van der Waals surface area (Å²) in [5.74, 6) is -0.787. The van der Waals surface area contributed by atoms with Crippen LogP contribution in [-0.2, 0) is 21.2 Å². The molecule has 3 rings (SSSR count).